The molecule has 0 spiro atoms. The summed E-state index contributed by atoms with van der Waals surface area (Å²) in [5.74, 6) is 0. The summed E-state index contributed by atoms with van der Waals surface area (Å²) in [6, 6.07) is 0. The van der Waals surface area contributed by atoms with Crippen LogP contribution in [-0.2, 0) is 0 Å². The predicted octanol–water partition coefficient (Wildman–Crippen LogP) is 1.87. The fourth-order valence-electron chi connectivity index (χ4n) is 0.107. The van der Waals surface area contributed by atoms with Gasteiger partial charge in [0.15, 0.2) is 0 Å². The van der Waals surface area contributed by atoms with Gasteiger partial charge in [0.05, 0.1) is 0 Å². The highest BCUT2D eigenvalue weighted by Crippen LogP contribution is 2.11. The molecule has 50 valence electrons. The Morgan fingerprint density at radius 3 is 1.25 bits per heavy atom. The Kier molecular flexibility index (Phi) is 5.00. The van der Waals surface area contributed by atoms with E-state index in [-0.39, 0.29) is 5.54 Å². The van der Waals surface area contributed by atoms with Crippen molar-refractivity contribution < 1.29 is 0 Å². The number of halogens is 3. The third-order valence-electron chi connectivity index (χ3n) is 0.798. The first-order valence-corrected chi connectivity index (χ1v) is 5.52. The van der Waals surface area contributed by atoms with E-state index in [2.05, 4.69) is 47.8 Å². The standard InChI is InChI=1S/C4H8Br3N/c5-1-4(8,2-6)3-7/h1-3,8H2. The molecular formula is C4H8Br3N. The van der Waals surface area contributed by atoms with Crippen LogP contribution in [0.15, 0.2) is 0 Å². The molecule has 0 fully saturated rings. The second-order valence-electron chi connectivity index (χ2n) is 1.76. The van der Waals surface area contributed by atoms with Crippen molar-refractivity contribution in [2.75, 3.05) is 16.0 Å². The Morgan fingerprint density at radius 1 is 1.00 bits per heavy atom. The zero-order chi connectivity index (χ0) is 6.62. The monoisotopic (exact) mass is 307 g/mol. The molecule has 0 rings (SSSR count). The highest BCUT2D eigenvalue weighted by Gasteiger charge is 2.19. The molecule has 0 bridgehead atoms. The third-order valence-corrected chi connectivity index (χ3v) is 4.15. The molecule has 0 aromatic rings. The van der Waals surface area contributed by atoms with Crippen LogP contribution in [0.1, 0.15) is 0 Å². The Morgan fingerprint density at radius 2 is 1.25 bits per heavy atom. The minimum Gasteiger partial charge on any atom is -0.323 e. The SMILES string of the molecule is NC(CBr)(CBr)CBr. The van der Waals surface area contributed by atoms with Crippen LogP contribution < -0.4 is 5.73 Å². The summed E-state index contributed by atoms with van der Waals surface area (Å²) >= 11 is 9.92. The van der Waals surface area contributed by atoms with Gasteiger partial charge in [-0.25, -0.2) is 0 Å². The van der Waals surface area contributed by atoms with Crippen molar-refractivity contribution in [2.24, 2.45) is 5.73 Å². The zero-order valence-corrected chi connectivity index (χ0v) is 9.09. The number of alkyl halides is 3. The third kappa shape index (κ3) is 2.80. The highest BCUT2D eigenvalue weighted by atomic mass is 79.9. The van der Waals surface area contributed by atoms with Crippen LogP contribution in [0.4, 0.5) is 0 Å². The van der Waals surface area contributed by atoms with E-state index in [1.165, 1.54) is 0 Å². The molecule has 0 aromatic carbocycles. The lowest BCUT2D eigenvalue weighted by atomic mass is 10.1. The van der Waals surface area contributed by atoms with Crippen LogP contribution in [0.2, 0.25) is 0 Å². The molecule has 0 aliphatic heterocycles. The van der Waals surface area contributed by atoms with Crippen molar-refractivity contribution in [3.8, 4) is 0 Å². The average molecular weight is 310 g/mol. The lowest BCUT2D eigenvalue weighted by molar-refractivity contribution is 0.627. The molecule has 2 N–H and O–H groups in total. The van der Waals surface area contributed by atoms with E-state index in [1.807, 2.05) is 0 Å². The molecule has 8 heavy (non-hydrogen) atoms. The highest BCUT2D eigenvalue weighted by molar-refractivity contribution is 9.10. The molecule has 1 nitrogen and oxygen atoms in total. The van der Waals surface area contributed by atoms with Gasteiger partial charge in [-0.1, -0.05) is 47.8 Å². The molecular weight excluding hydrogens is 302 g/mol. The van der Waals surface area contributed by atoms with Gasteiger partial charge in [0.25, 0.3) is 0 Å². The Hall–Kier alpha value is 1.40. The van der Waals surface area contributed by atoms with Crippen molar-refractivity contribution in [3.05, 3.63) is 0 Å². The molecule has 0 aliphatic rings. The van der Waals surface area contributed by atoms with E-state index >= 15 is 0 Å². The lowest BCUT2D eigenvalue weighted by Gasteiger charge is -2.20. The molecule has 0 aliphatic carbocycles. The van der Waals surface area contributed by atoms with Crippen molar-refractivity contribution in [1.82, 2.24) is 0 Å². The summed E-state index contributed by atoms with van der Waals surface area (Å²) < 4.78 is 0. The van der Waals surface area contributed by atoms with E-state index < -0.39 is 0 Å². The Labute approximate surface area is 74.8 Å². The van der Waals surface area contributed by atoms with Crippen LogP contribution >= 0.6 is 47.8 Å². The van der Waals surface area contributed by atoms with Crippen LogP contribution in [0.3, 0.4) is 0 Å². The van der Waals surface area contributed by atoms with Crippen LogP contribution in [0.25, 0.3) is 0 Å². The van der Waals surface area contributed by atoms with Gasteiger partial charge < -0.3 is 5.73 Å². The molecule has 0 heterocycles. The Bertz CT molecular complexity index is 54.0. The maximum Gasteiger partial charge on any atom is 0.0448 e. The summed E-state index contributed by atoms with van der Waals surface area (Å²) in [6.45, 7) is 0. The van der Waals surface area contributed by atoms with Gasteiger partial charge >= 0.3 is 0 Å². The number of nitrogens with two attached hydrogens (primary N) is 1. The lowest BCUT2D eigenvalue weighted by Crippen LogP contribution is -2.45. The van der Waals surface area contributed by atoms with Gasteiger partial charge in [0.1, 0.15) is 0 Å². The summed E-state index contributed by atoms with van der Waals surface area (Å²) in [5, 5.41) is 2.45. The van der Waals surface area contributed by atoms with Crippen LogP contribution in [0.5, 0.6) is 0 Å². The van der Waals surface area contributed by atoms with E-state index in [0.717, 1.165) is 16.0 Å². The molecule has 0 saturated carbocycles. The molecule has 0 saturated heterocycles. The average Bonchev–Trinajstić information content (AvgIpc) is 1.87. The Balaban J connectivity index is 3.58. The first-order valence-electron chi connectivity index (χ1n) is 2.15. The zero-order valence-electron chi connectivity index (χ0n) is 4.33. The normalized spacial score (nSPS) is 12.0. The maximum absolute atomic E-state index is 5.76. The van der Waals surface area contributed by atoms with Gasteiger partial charge in [-0.15, -0.1) is 0 Å². The smallest absolute Gasteiger partial charge is 0.0448 e. The molecule has 0 aromatic heterocycles. The number of rotatable bonds is 3. The minimum atomic E-state index is -0.125. The van der Waals surface area contributed by atoms with Crippen molar-refractivity contribution in [2.45, 2.75) is 5.54 Å². The second-order valence-corrected chi connectivity index (χ2v) is 3.45. The number of hydrogen-bond acceptors (Lipinski definition) is 1. The largest absolute Gasteiger partial charge is 0.323 e. The second kappa shape index (κ2) is 4.25. The van der Waals surface area contributed by atoms with Gasteiger partial charge in [-0.05, 0) is 0 Å². The van der Waals surface area contributed by atoms with Gasteiger partial charge in [0.2, 0.25) is 0 Å². The maximum atomic E-state index is 5.76. The molecule has 4 heteroatoms. The number of hydrogen-bond donors (Lipinski definition) is 1. The van der Waals surface area contributed by atoms with E-state index in [0.29, 0.717) is 0 Å². The van der Waals surface area contributed by atoms with Crippen LogP contribution in [-0.4, -0.2) is 21.5 Å². The van der Waals surface area contributed by atoms with Gasteiger partial charge in [-0.2, -0.15) is 0 Å². The fraction of sp³-hybridized carbons (Fsp3) is 1.00. The molecule has 0 amide bonds. The van der Waals surface area contributed by atoms with Gasteiger partial charge in [0, 0.05) is 21.5 Å². The van der Waals surface area contributed by atoms with Crippen molar-refractivity contribution in [3.63, 3.8) is 0 Å². The van der Waals surface area contributed by atoms with Crippen molar-refractivity contribution >= 4 is 47.8 Å². The molecule has 0 radical (unpaired) electrons. The minimum absolute atomic E-state index is 0.125. The van der Waals surface area contributed by atoms with Gasteiger partial charge in [-0.3, -0.25) is 0 Å². The molecule has 0 atom stereocenters. The van der Waals surface area contributed by atoms with Crippen molar-refractivity contribution in [1.29, 1.82) is 0 Å². The first kappa shape index (κ1) is 9.40. The predicted molar refractivity (Wildman–Crippen MR) is 48.3 cm³/mol. The topological polar surface area (TPSA) is 26.0 Å². The van der Waals surface area contributed by atoms with E-state index in [1.54, 1.807) is 0 Å². The van der Waals surface area contributed by atoms with E-state index in [4.69, 9.17) is 5.73 Å². The fourth-order valence-corrected chi connectivity index (χ4v) is 2.89. The molecule has 0 unspecified atom stereocenters. The summed E-state index contributed by atoms with van der Waals surface area (Å²) in [7, 11) is 0. The van der Waals surface area contributed by atoms with Crippen LogP contribution in [0, 0.1) is 0 Å². The summed E-state index contributed by atoms with van der Waals surface area (Å²) in [5.41, 5.74) is 5.63. The summed E-state index contributed by atoms with van der Waals surface area (Å²) in [4.78, 5) is 0. The quantitative estimate of drug-likeness (QED) is 0.791. The van der Waals surface area contributed by atoms with E-state index in [9.17, 15) is 0 Å². The first-order chi connectivity index (χ1) is 3.68. The summed E-state index contributed by atoms with van der Waals surface area (Å²) in [6.07, 6.45) is 0.